The second-order valence-corrected chi connectivity index (χ2v) is 1.97. The molecule has 0 aliphatic heterocycles. The molecule has 0 aliphatic carbocycles. The van der Waals surface area contributed by atoms with E-state index < -0.39 is 4.92 Å². The van der Waals surface area contributed by atoms with Crippen molar-refractivity contribution < 1.29 is 23.8 Å². The first-order valence-corrected chi connectivity index (χ1v) is 2.93. The number of hydrogen-bond acceptors (Lipinski definition) is 3. The standard InChI is InChI=1S/C7H5NO3.B.3FH/c9-5-6-2-1-3-7(4-6)8(10)11;;;;/h1-5H;;3*1H/q;+3;;;/p-3. The van der Waals surface area contributed by atoms with Crippen molar-refractivity contribution in [2.45, 2.75) is 0 Å². The van der Waals surface area contributed by atoms with Gasteiger partial charge in [0, 0.05) is 17.7 Å². The normalized spacial score (nSPS) is 6.67. The maximum atomic E-state index is 10.2. The zero-order valence-corrected chi connectivity index (χ0v) is 7.27. The molecule has 0 unspecified atom stereocenters. The molecule has 0 saturated carbocycles. The molecule has 1 rings (SSSR count). The Morgan fingerprint density at radius 3 is 2.13 bits per heavy atom. The van der Waals surface area contributed by atoms with Crippen LogP contribution in [0.3, 0.4) is 0 Å². The van der Waals surface area contributed by atoms with Crippen molar-refractivity contribution in [2.75, 3.05) is 0 Å². The Hall–Kier alpha value is -1.86. The van der Waals surface area contributed by atoms with Crippen LogP contribution < -0.4 is 14.1 Å². The fraction of sp³-hybridized carbons (Fsp3) is 0. The second kappa shape index (κ2) is 10.2. The van der Waals surface area contributed by atoms with E-state index in [1.807, 2.05) is 0 Å². The number of benzene rings is 1. The van der Waals surface area contributed by atoms with Crippen LogP contribution >= 0.6 is 0 Å². The van der Waals surface area contributed by atoms with E-state index in [2.05, 4.69) is 0 Å². The molecular formula is C7H5BF3NO3. The molecule has 15 heavy (non-hydrogen) atoms. The monoisotopic (exact) mass is 219 g/mol. The number of carbonyl (C=O) groups is 1. The molecule has 0 spiro atoms. The van der Waals surface area contributed by atoms with E-state index in [9.17, 15) is 14.9 Å². The summed E-state index contributed by atoms with van der Waals surface area (Å²) < 4.78 is 0. The molecule has 0 radical (unpaired) electrons. The summed E-state index contributed by atoms with van der Waals surface area (Å²) in [6, 6.07) is 5.56. The average Bonchev–Trinajstić information content (AvgIpc) is 2.05. The van der Waals surface area contributed by atoms with Crippen LogP contribution in [0, 0.1) is 10.1 Å². The number of nitrogens with zero attached hydrogens (tertiary/aromatic N) is 1. The van der Waals surface area contributed by atoms with E-state index >= 15 is 0 Å². The predicted octanol–water partition coefficient (Wildman–Crippen LogP) is -7.96. The van der Waals surface area contributed by atoms with Crippen LogP contribution in [0.25, 0.3) is 0 Å². The van der Waals surface area contributed by atoms with Gasteiger partial charge in [0.05, 0.1) is 4.92 Å². The van der Waals surface area contributed by atoms with Gasteiger partial charge in [0.25, 0.3) is 5.69 Å². The molecule has 1 aromatic carbocycles. The van der Waals surface area contributed by atoms with Gasteiger partial charge in [0.2, 0.25) is 0 Å². The molecule has 0 N–H and O–H groups in total. The molecule has 0 bridgehead atoms. The molecule has 1 aromatic rings. The first-order chi connectivity index (χ1) is 5.24. The Labute approximate surface area is 85.1 Å². The Morgan fingerprint density at radius 1 is 1.20 bits per heavy atom. The van der Waals surface area contributed by atoms with E-state index in [4.69, 9.17) is 0 Å². The maximum Gasteiger partial charge on any atom is 3.00 e. The minimum atomic E-state index is -0.535. The van der Waals surface area contributed by atoms with Crippen molar-refractivity contribution in [1.29, 1.82) is 0 Å². The van der Waals surface area contributed by atoms with E-state index in [0.29, 0.717) is 11.8 Å². The molecule has 0 heterocycles. The van der Waals surface area contributed by atoms with Crippen LogP contribution in [0.15, 0.2) is 24.3 Å². The van der Waals surface area contributed by atoms with Gasteiger partial charge in [-0.05, 0) is 0 Å². The number of hydrogen-bond donors (Lipinski definition) is 0. The maximum absolute atomic E-state index is 10.2. The Balaban J connectivity index is -0.000000151. The molecule has 0 aromatic heterocycles. The molecular weight excluding hydrogens is 214 g/mol. The smallest absolute Gasteiger partial charge is 1.00 e. The SMILES string of the molecule is O=Cc1cccc([N+](=O)[O-])c1.[B+3].[F-].[F-].[F-]. The van der Waals surface area contributed by atoms with Crippen LogP contribution in [0.4, 0.5) is 5.69 Å². The number of nitro groups is 1. The minimum Gasteiger partial charge on any atom is -1.00 e. The van der Waals surface area contributed by atoms with Gasteiger partial charge in [0.1, 0.15) is 6.29 Å². The Morgan fingerprint density at radius 2 is 1.73 bits per heavy atom. The summed E-state index contributed by atoms with van der Waals surface area (Å²) in [5, 5.41) is 10.2. The van der Waals surface area contributed by atoms with Gasteiger partial charge < -0.3 is 14.1 Å². The van der Waals surface area contributed by atoms with Crippen LogP contribution in [0.1, 0.15) is 10.4 Å². The Bertz CT molecular complexity index is 311. The van der Waals surface area contributed by atoms with Gasteiger partial charge in [-0.1, -0.05) is 12.1 Å². The van der Waals surface area contributed by atoms with Gasteiger partial charge >= 0.3 is 8.41 Å². The number of halogens is 3. The van der Waals surface area contributed by atoms with E-state index in [1.54, 1.807) is 0 Å². The van der Waals surface area contributed by atoms with E-state index in [0.717, 1.165) is 0 Å². The summed E-state index contributed by atoms with van der Waals surface area (Å²) in [5.41, 5.74) is 0.258. The number of nitro benzene ring substituents is 1. The summed E-state index contributed by atoms with van der Waals surface area (Å²) in [4.78, 5) is 19.8. The molecule has 0 saturated heterocycles. The van der Waals surface area contributed by atoms with Gasteiger partial charge in [-0.3, -0.25) is 14.9 Å². The molecule has 0 amide bonds. The second-order valence-electron chi connectivity index (χ2n) is 1.97. The summed E-state index contributed by atoms with van der Waals surface area (Å²) in [7, 11) is 0. The zero-order chi connectivity index (χ0) is 8.27. The molecule has 80 valence electrons. The number of carbonyl (C=O) groups excluding carboxylic acids is 1. The minimum absolute atomic E-state index is 0. The summed E-state index contributed by atoms with van der Waals surface area (Å²) in [5.74, 6) is 0. The van der Waals surface area contributed by atoms with Crippen molar-refractivity contribution in [3.8, 4) is 0 Å². The first kappa shape index (κ1) is 23.2. The van der Waals surface area contributed by atoms with Crippen LogP contribution in [-0.4, -0.2) is 19.6 Å². The fourth-order valence-corrected chi connectivity index (χ4v) is 0.712. The van der Waals surface area contributed by atoms with E-state index in [1.165, 1.54) is 24.3 Å². The van der Waals surface area contributed by atoms with Crippen molar-refractivity contribution in [3.63, 3.8) is 0 Å². The molecule has 0 fully saturated rings. The van der Waals surface area contributed by atoms with Gasteiger partial charge in [-0.25, -0.2) is 0 Å². The molecule has 0 atom stereocenters. The average molecular weight is 219 g/mol. The number of rotatable bonds is 2. The number of non-ortho nitro benzene ring substituents is 1. The molecule has 4 nitrogen and oxygen atoms in total. The predicted molar refractivity (Wildman–Crippen MR) is 44.2 cm³/mol. The molecule has 0 aliphatic rings. The third-order valence-corrected chi connectivity index (χ3v) is 1.22. The van der Waals surface area contributed by atoms with Gasteiger partial charge in [-0.15, -0.1) is 0 Å². The Kier molecular flexibility index (Phi) is 15.8. The fourth-order valence-electron chi connectivity index (χ4n) is 0.712. The number of aldehydes is 1. The van der Waals surface area contributed by atoms with Crippen molar-refractivity contribution in [2.24, 2.45) is 0 Å². The van der Waals surface area contributed by atoms with Gasteiger partial charge in [0.15, 0.2) is 0 Å². The summed E-state index contributed by atoms with van der Waals surface area (Å²) in [6.45, 7) is 0. The quantitative estimate of drug-likeness (QED) is 0.215. The van der Waals surface area contributed by atoms with Crippen LogP contribution in [0.5, 0.6) is 0 Å². The summed E-state index contributed by atoms with van der Waals surface area (Å²) in [6.07, 6.45) is 0.576. The summed E-state index contributed by atoms with van der Waals surface area (Å²) >= 11 is 0. The largest absolute Gasteiger partial charge is 3.00 e. The molecule has 8 heteroatoms. The van der Waals surface area contributed by atoms with E-state index in [-0.39, 0.29) is 28.2 Å². The topological polar surface area (TPSA) is 60.2 Å². The third kappa shape index (κ3) is 6.25. The zero-order valence-electron chi connectivity index (χ0n) is 7.27. The van der Waals surface area contributed by atoms with Crippen LogP contribution in [-0.2, 0) is 0 Å². The van der Waals surface area contributed by atoms with Gasteiger partial charge in [-0.2, -0.15) is 0 Å². The van der Waals surface area contributed by atoms with Crippen molar-refractivity contribution in [1.82, 2.24) is 0 Å². The first-order valence-electron chi connectivity index (χ1n) is 2.93. The van der Waals surface area contributed by atoms with Crippen molar-refractivity contribution >= 4 is 20.4 Å². The van der Waals surface area contributed by atoms with Crippen molar-refractivity contribution in [3.05, 3.63) is 39.9 Å². The van der Waals surface area contributed by atoms with Crippen LogP contribution in [0.2, 0.25) is 0 Å². The third-order valence-electron chi connectivity index (χ3n) is 1.22.